The minimum absolute atomic E-state index is 0.0224. The third-order valence-electron chi connectivity index (χ3n) is 6.03. The number of carbonyl (C=O) groups is 2. The van der Waals surface area contributed by atoms with Crippen LogP contribution in [0.3, 0.4) is 0 Å². The molecule has 7 heteroatoms. The van der Waals surface area contributed by atoms with Crippen LogP contribution in [0.15, 0.2) is 88.7 Å². The number of nitrogens with zero attached hydrogens (tertiary/aromatic N) is 3. The van der Waals surface area contributed by atoms with Gasteiger partial charge in [-0.15, -0.1) is 0 Å². The van der Waals surface area contributed by atoms with Crippen molar-refractivity contribution in [2.24, 2.45) is 0 Å². The molecule has 0 radical (unpaired) electrons. The van der Waals surface area contributed by atoms with Crippen molar-refractivity contribution in [1.29, 1.82) is 0 Å². The molecule has 2 aliphatic heterocycles. The van der Waals surface area contributed by atoms with Crippen LogP contribution in [0.4, 0.5) is 11.4 Å². The topological polar surface area (TPSA) is 43.9 Å². The van der Waals surface area contributed by atoms with Crippen LogP contribution < -0.4 is 9.80 Å². The average Bonchev–Trinajstić information content (AvgIpc) is 2.87. The van der Waals surface area contributed by atoms with Crippen LogP contribution in [0.1, 0.15) is 5.56 Å². The van der Waals surface area contributed by atoms with Gasteiger partial charge in [-0.2, -0.15) is 0 Å². The number of carbonyl (C=O) groups excluding carboxylic acids is 2. The number of thioether (sulfide) groups is 1. The molecule has 2 amide bonds. The van der Waals surface area contributed by atoms with Crippen molar-refractivity contribution >= 4 is 52.6 Å². The van der Waals surface area contributed by atoms with Crippen molar-refractivity contribution in [2.75, 3.05) is 42.5 Å². The Morgan fingerprint density at radius 2 is 1.65 bits per heavy atom. The molecule has 0 unspecified atom stereocenters. The number of hydrogen-bond donors (Lipinski definition) is 0. The Hall–Kier alpha value is -3.22. The Kier molecular flexibility index (Phi) is 6.61. The van der Waals surface area contributed by atoms with Crippen LogP contribution in [0.25, 0.3) is 6.08 Å². The second-order valence-electron chi connectivity index (χ2n) is 8.23. The van der Waals surface area contributed by atoms with E-state index in [4.69, 9.17) is 11.6 Å². The molecule has 0 aliphatic carbocycles. The summed E-state index contributed by atoms with van der Waals surface area (Å²) < 4.78 is 0. The highest BCUT2D eigenvalue weighted by atomic mass is 35.5. The number of para-hydroxylation sites is 2. The summed E-state index contributed by atoms with van der Waals surface area (Å²) in [5.41, 5.74) is 2.80. The van der Waals surface area contributed by atoms with Gasteiger partial charge < -0.3 is 9.80 Å². The monoisotopic (exact) mass is 489 g/mol. The molecular weight excluding hydrogens is 466 g/mol. The summed E-state index contributed by atoms with van der Waals surface area (Å²) >= 11 is 7.55. The molecule has 2 heterocycles. The third kappa shape index (κ3) is 4.83. The molecule has 1 saturated heterocycles. The highest BCUT2D eigenvalue weighted by molar-refractivity contribution is 8.04. The summed E-state index contributed by atoms with van der Waals surface area (Å²) in [7, 11) is 0. The Bertz CT molecular complexity index is 1240. The Balaban J connectivity index is 1.33. The standard InChI is InChI=1S/C27H24ClN3O2S/c28-21-8-6-7-20(17-21)18-25-27(33)31(23-11-4-5-12-24(23)34-25)19-26(32)30-15-13-29(14-16-30)22-9-2-1-3-10-22/h1-12,17-18H,13-16,19H2/b25-18-. The summed E-state index contributed by atoms with van der Waals surface area (Å²) in [5, 5.41) is 0.615. The predicted molar refractivity (Wildman–Crippen MR) is 139 cm³/mol. The SMILES string of the molecule is O=C(CN1C(=O)/C(=C/c2cccc(Cl)c2)Sc2ccccc21)N1CCN(c2ccccc2)CC1. The van der Waals surface area contributed by atoms with Crippen molar-refractivity contribution in [1.82, 2.24) is 4.90 Å². The number of hydrogen-bond acceptors (Lipinski definition) is 4. The van der Waals surface area contributed by atoms with Crippen LogP contribution in [0.5, 0.6) is 0 Å². The number of anilines is 2. The molecule has 34 heavy (non-hydrogen) atoms. The second-order valence-corrected chi connectivity index (χ2v) is 9.75. The van der Waals surface area contributed by atoms with Crippen LogP contribution in [-0.4, -0.2) is 49.4 Å². The quantitative estimate of drug-likeness (QED) is 0.474. The lowest BCUT2D eigenvalue weighted by Crippen LogP contribution is -2.52. The first-order chi connectivity index (χ1) is 16.6. The highest BCUT2D eigenvalue weighted by Crippen LogP contribution is 2.42. The molecule has 1 fully saturated rings. The Morgan fingerprint density at radius 3 is 2.41 bits per heavy atom. The summed E-state index contributed by atoms with van der Waals surface area (Å²) in [6.07, 6.45) is 1.84. The molecule has 3 aromatic carbocycles. The van der Waals surface area contributed by atoms with Crippen molar-refractivity contribution in [3.8, 4) is 0 Å². The van der Waals surface area contributed by atoms with Crippen molar-refractivity contribution < 1.29 is 9.59 Å². The van der Waals surface area contributed by atoms with E-state index in [1.807, 2.05) is 71.6 Å². The van der Waals surface area contributed by atoms with E-state index in [0.29, 0.717) is 23.0 Å². The summed E-state index contributed by atoms with van der Waals surface area (Å²) in [5.74, 6) is -0.204. The van der Waals surface area contributed by atoms with Gasteiger partial charge in [0.05, 0.1) is 10.6 Å². The maximum atomic E-state index is 13.5. The van der Waals surface area contributed by atoms with Gasteiger partial charge in [0.2, 0.25) is 5.91 Å². The zero-order valence-corrected chi connectivity index (χ0v) is 20.1. The fraction of sp³-hybridized carbons (Fsp3) is 0.185. The molecule has 0 saturated carbocycles. The maximum Gasteiger partial charge on any atom is 0.265 e. The fourth-order valence-electron chi connectivity index (χ4n) is 4.26. The second kappa shape index (κ2) is 9.95. The zero-order chi connectivity index (χ0) is 23.5. The van der Waals surface area contributed by atoms with E-state index in [-0.39, 0.29) is 18.4 Å². The van der Waals surface area contributed by atoms with Gasteiger partial charge >= 0.3 is 0 Å². The van der Waals surface area contributed by atoms with Crippen molar-refractivity contribution in [2.45, 2.75) is 4.90 Å². The molecule has 0 bridgehead atoms. The molecule has 3 aromatic rings. The lowest BCUT2D eigenvalue weighted by Gasteiger charge is -2.37. The number of halogens is 1. The lowest BCUT2D eigenvalue weighted by molar-refractivity contribution is -0.131. The molecular formula is C27H24ClN3O2S. The van der Waals surface area contributed by atoms with Gasteiger partial charge in [-0.1, -0.05) is 65.8 Å². The normalized spacial score (nSPS) is 17.1. The molecule has 5 rings (SSSR count). The van der Waals surface area contributed by atoms with Gasteiger partial charge in [-0.05, 0) is 48.0 Å². The van der Waals surface area contributed by atoms with Crippen LogP contribution >= 0.6 is 23.4 Å². The van der Waals surface area contributed by atoms with Crippen LogP contribution in [0, 0.1) is 0 Å². The maximum absolute atomic E-state index is 13.5. The van der Waals surface area contributed by atoms with Gasteiger partial charge in [0.1, 0.15) is 6.54 Å². The van der Waals surface area contributed by atoms with E-state index < -0.39 is 0 Å². The summed E-state index contributed by atoms with van der Waals surface area (Å²) in [6.45, 7) is 2.84. The first-order valence-corrected chi connectivity index (χ1v) is 12.4. The molecule has 0 aromatic heterocycles. The van der Waals surface area contributed by atoms with Gasteiger partial charge in [0.15, 0.2) is 0 Å². The van der Waals surface area contributed by atoms with E-state index in [2.05, 4.69) is 17.0 Å². The minimum Gasteiger partial charge on any atom is -0.368 e. The number of amides is 2. The van der Waals surface area contributed by atoms with E-state index in [1.54, 1.807) is 11.0 Å². The zero-order valence-electron chi connectivity index (χ0n) is 18.6. The summed E-state index contributed by atoms with van der Waals surface area (Å²) in [6, 6.07) is 25.4. The van der Waals surface area contributed by atoms with E-state index in [9.17, 15) is 9.59 Å². The molecule has 0 spiro atoms. The van der Waals surface area contributed by atoms with E-state index >= 15 is 0 Å². The average molecular weight is 490 g/mol. The molecule has 5 nitrogen and oxygen atoms in total. The predicted octanol–water partition coefficient (Wildman–Crippen LogP) is 5.17. The first kappa shape index (κ1) is 22.6. The Labute approximate surface area is 208 Å². The number of benzene rings is 3. The molecule has 0 atom stereocenters. The number of piperazine rings is 1. The smallest absolute Gasteiger partial charge is 0.265 e. The number of rotatable bonds is 4. The minimum atomic E-state index is -0.167. The van der Waals surface area contributed by atoms with Crippen molar-refractivity contribution in [3.05, 3.63) is 94.4 Å². The van der Waals surface area contributed by atoms with E-state index in [0.717, 1.165) is 29.2 Å². The molecule has 0 N–H and O–H groups in total. The van der Waals surface area contributed by atoms with Gasteiger partial charge in [0.25, 0.3) is 5.91 Å². The highest BCUT2D eigenvalue weighted by Gasteiger charge is 2.32. The van der Waals surface area contributed by atoms with E-state index in [1.165, 1.54) is 17.4 Å². The first-order valence-electron chi connectivity index (χ1n) is 11.2. The molecule has 172 valence electrons. The number of fused-ring (bicyclic) bond motifs is 1. The lowest BCUT2D eigenvalue weighted by atomic mass is 10.2. The van der Waals surface area contributed by atoms with Gasteiger partial charge in [-0.25, -0.2) is 0 Å². The fourth-order valence-corrected chi connectivity index (χ4v) is 5.51. The largest absolute Gasteiger partial charge is 0.368 e. The third-order valence-corrected chi connectivity index (χ3v) is 7.34. The summed E-state index contributed by atoms with van der Waals surface area (Å²) in [4.78, 5) is 34.0. The van der Waals surface area contributed by atoms with Crippen LogP contribution in [0.2, 0.25) is 5.02 Å². The molecule has 2 aliphatic rings. The van der Waals surface area contributed by atoms with Gasteiger partial charge in [-0.3, -0.25) is 14.5 Å². The van der Waals surface area contributed by atoms with Crippen molar-refractivity contribution in [3.63, 3.8) is 0 Å². The van der Waals surface area contributed by atoms with Crippen LogP contribution in [-0.2, 0) is 9.59 Å². The van der Waals surface area contributed by atoms with Gasteiger partial charge in [0, 0.05) is 41.8 Å². The Morgan fingerprint density at radius 1 is 0.912 bits per heavy atom.